The number of hydrogen-bond donors (Lipinski definition) is 1. The van der Waals surface area contributed by atoms with E-state index in [2.05, 4.69) is 16.9 Å². The predicted molar refractivity (Wildman–Crippen MR) is 49.5 cm³/mol. The maximum absolute atomic E-state index is 8.72. The first-order valence-corrected chi connectivity index (χ1v) is 3.83. The van der Waals surface area contributed by atoms with E-state index in [0.717, 1.165) is 0 Å². The number of anilines is 1. The van der Waals surface area contributed by atoms with E-state index >= 15 is 0 Å². The highest BCUT2D eigenvalue weighted by molar-refractivity contribution is 5.51. The van der Waals surface area contributed by atoms with Crippen molar-refractivity contribution in [3.63, 3.8) is 0 Å². The molecule has 0 saturated carbocycles. The molecule has 0 amide bonds. The Kier molecular flexibility index (Phi) is 2.56. The summed E-state index contributed by atoms with van der Waals surface area (Å²) in [6.07, 6.45) is 0. The lowest BCUT2D eigenvalue weighted by Gasteiger charge is -1.95. The molecule has 0 fully saturated rings. The molecule has 0 saturated heterocycles. The van der Waals surface area contributed by atoms with Gasteiger partial charge in [-0.15, -0.1) is 5.92 Å². The lowest BCUT2D eigenvalue weighted by atomic mass is 10.3. The maximum atomic E-state index is 8.72. The molecule has 0 aromatic carbocycles. The minimum absolute atomic E-state index is 0.391. The van der Waals surface area contributed by atoms with Crippen LogP contribution in [0.4, 0.5) is 5.82 Å². The number of nitrogen functional groups attached to an aromatic ring is 1. The third-order valence-corrected chi connectivity index (χ3v) is 1.68. The van der Waals surface area contributed by atoms with Crippen molar-refractivity contribution in [3.8, 4) is 17.9 Å². The summed E-state index contributed by atoms with van der Waals surface area (Å²) < 4.78 is 1.53. The third-order valence-electron chi connectivity index (χ3n) is 1.68. The monoisotopic (exact) mass is 174 g/mol. The van der Waals surface area contributed by atoms with Crippen LogP contribution in [0, 0.1) is 30.1 Å². The summed E-state index contributed by atoms with van der Waals surface area (Å²) >= 11 is 0. The topological polar surface area (TPSA) is 67.6 Å². The van der Waals surface area contributed by atoms with E-state index in [0.29, 0.717) is 23.6 Å². The number of nitriles is 1. The van der Waals surface area contributed by atoms with Crippen LogP contribution < -0.4 is 5.73 Å². The van der Waals surface area contributed by atoms with Gasteiger partial charge in [0.25, 0.3) is 0 Å². The highest BCUT2D eigenvalue weighted by Gasteiger charge is 2.10. The Labute approximate surface area is 77.0 Å². The molecular weight excluding hydrogens is 164 g/mol. The molecule has 0 radical (unpaired) electrons. The highest BCUT2D eigenvalue weighted by Crippen LogP contribution is 2.13. The quantitative estimate of drug-likeness (QED) is 0.636. The standard InChI is InChI=1S/C9H10N4/c1-3-4-5-13-9(11)8(6-10)7(2)12-13/h5,11H2,1-2H3. The molecule has 1 aromatic rings. The molecular formula is C9H10N4. The average molecular weight is 174 g/mol. The SMILES string of the molecule is CC#CCn1nc(C)c(C#N)c1N. The van der Waals surface area contributed by atoms with Crippen LogP contribution in [0.1, 0.15) is 18.2 Å². The first kappa shape index (κ1) is 9.15. The maximum Gasteiger partial charge on any atom is 0.141 e. The second kappa shape index (κ2) is 3.64. The largest absolute Gasteiger partial charge is 0.383 e. The van der Waals surface area contributed by atoms with Crippen LogP contribution in [0.5, 0.6) is 0 Å². The molecule has 0 aliphatic heterocycles. The van der Waals surface area contributed by atoms with E-state index in [-0.39, 0.29) is 0 Å². The van der Waals surface area contributed by atoms with Crippen molar-refractivity contribution in [2.24, 2.45) is 0 Å². The van der Waals surface area contributed by atoms with E-state index in [1.165, 1.54) is 4.68 Å². The first-order chi connectivity index (χ1) is 6.20. The predicted octanol–water partition coefficient (Wildman–Crippen LogP) is 0.669. The van der Waals surface area contributed by atoms with Crippen LogP contribution in [-0.4, -0.2) is 9.78 Å². The molecule has 0 aliphatic carbocycles. The van der Waals surface area contributed by atoms with Crippen LogP contribution in [0.2, 0.25) is 0 Å². The van der Waals surface area contributed by atoms with E-state index in [9.17, 15) is 0 Å². The Morgan fingerprint density at radius 1 is 1.62 bits per heavy atom. The lowest BCUT2D eigenvalue weighted by Crippen LogP contribution is -2.03. The van der Waals surface area contributed by atoms with Gasteiger partial charge in [-0.05, 0) is 13.8 Å². The smallest absolute Gasteiger partial charge is 0.141 e. The zero-order chi connectivity index (χ0) is 9.84. The number of rotatable bonds is 1. The molecule has 66 valence electrons. The molecule has 2 N–H and O–H groups in total. The Morgan fingerprint density at radius 3 is 2.77 bits per heavy atom. The molecule has 0 unspecified atom stereocenters. The summed E-state index contributed by atoms with van der Waals surface area (Å²) in [5.41, 5.74) is 6.76. The normalized spacial score (nSPS) is 8.69. The molecule has 1 heterocycles. The van der Waals surface area contributed by atoms with E-state index in [1.807, 2.05) is 6.07 Å². The van der Waals surface area contributed by atoms with Gasteiger partial charge in [0.1, 0.15) is 24.0 Å². The lowest BCUT2D eigenvalue weighted by molar-refractivity contribution is 0.716. The molecule has 4 nitrogen and oxygen atoms in total. The first-order valence-electron chi connectivity index (χ1n) is 3.83. The summed E-state index contributed by atoms with van der Waals surface area (Å²) in [5, 5.41) is 12.8. The van der Waals surface area contributed by atoms with Crippen molar-refractivity contribution < 1.29 is 0 Å². The van der Waals surface area contributed by atoms with Crippen LogP contribution >= 0.6 is 0 Å². The van der Waals surface area contributed by atoms with Crippen LogP contribution in [-0.2, 0) is 6.54 Å². The Bertz CT molecular complexity index is 411. The minimum Gasteiger partial charge on any atom is -0.383 e. The van der Waals surface area contributed by atoms with Gasteiger partial charge in [-0.1, -0.05) is 5.92 Å². The fourth-order valence-electron chi connectivity index (χ4n) is 1.01. The fourth-order valence-corrected chi connectivity index (χ4v) is 1.01. The van der Waals surface area contributed by atoms with E-state index in [1.54, 1.807) is 13.8 Å². The Morgan fingerprint density at radius 2 is 2.31 bits per heavy atom. The van der Waals surface area contributed by atoms with Gasteiger partial charge in [0.15, 0.2) is 0 Å². The zero-order valence-corrected chi connectivity index (χ0v) is 7.63. The number of nitrogens with zero attached hydrogens (tertiary/aromatic N) is 3. The van der Waals surface area contributed by atoms with Gasteiger partial charge >= 0.3 is 0 Å². The Hall–Kier alpha value is -1.94. The molecule has 0 atom stereocenters. The zero-order valence-electron chi connectivity index (χ0n) is 7.63. The summed E-state index contributed by atoms with van der Waals surface area (Å²) in [5.74, 6) is 5.96. The number of hydrogen-bond acceptors (Lipinski definition) is 3. The van der Waals surface area contributed by atoms with Gasteiger partial charge in [-0.2, -0.15) is 10.4 Å². The number of aromatic nitrogens is 2. The van der Waals surface area contributed by atoms with Crippen molar-refractivity contribution in [1.29, 1.82) is 5.26 Å². The second-order valence-corrected chi connectivity index (χ2v) is 2.54. The molecule has 0 spiro atoms. The Balaban J connectivity index is 3.10. The van der Waals surface area contributed by atoms with E-state index in [4.69, 9.17) is 11.0 Å². The van der Waals surface area contributed by atoms with Gasteiger partial charge in [-0.3, -0.25) is 0 Å². The molecule has 13 heavy (non-hydrogen) atoms. The highest BCUT2D eigenvalue weighted by atomic mass is 15.3. The number of aryl methyl sites for hydroxylation is 1. The summed E-state index contributed by atoms with van der Waals surface area (Å²) in [4.78, 5) is 0. The molecule has 4 heteroatoms. The third kappa shape index (κ3) is 1.62. The summed E-state index contributed by atoms with van der Waals surface area (Å²) in [6.45, 7) is 3.94. The van der Waals surface area contributed by atoms with Crippen molar-refractivity contribution in [1.82, 2.24) is 9.78 Å². The van der Waals surface area contributed by atoms with Gasteiger partial charge in [0.05, 0.1) is 5.69 Å². The van der Waals surface area contributed by atoms with Crippen molar-refractivity contribution in [2.45, 2.75) is 20.4 Å². The van der Waals surface area contributed by atoms with Crippen molar-refractivity contribution >= 4 is 5.82 Å². The average Bonchev–Trinajstić information content (AvgIpc) is 2.38. The van der Waals surface area contributed by atoms with E-state index < -0.39 is 0 Å². The summed E-state index contributed by atoms with van der Waals surface area (Å²) in [7, 11) is 0. The second-order valence-electron chi connectivity index (χ2n) is 2.54. The van der Waals surface area contributed by atoms with Crippen LogP contribution in [0.3, 0.4) is 0 Å². The van der Waals surface area contributed by atoms with Crippen molar-refractivity contribution in [2.75, 3.05) is 5.73 Å². The molecule has 0 bridgehead atoms. The van der Waals surface area contributed by atoms with Gasteiger partial charge in [0, 0.05) is 0 Å². The van der Waals surface area contributed by atoms with Crippen molar-refractivity contribution in [3.05, 3.63) is 11.3 Å². The molecule has 0 aliphatic rings. The van der Waals surface area contributed by atoms with Crippen LogP contribution in [0.25, 0.3) is 0 Å². The van der Waals surface area contributed by atoms with Gasteiger partial charge in [-0.25, -0.2) is 4.68 Å². The molecule has 1 aromatic heterocycles. The van der Waals surface area contributed by atoms with Gasteiger partial charge in [0.2, 0.25) is 0 Å². The van der Waals surface area contributed by atoms with Crippen LogP contribution in [0.15, 0.2) is 0 Å². The molecule has 1 rings (SSSR count). The fraction of sp³-hybridized carbons (Fsp3) is 0.333. The summed E-state index contributed by atoms with van der Waals surface area (Å²) in [6, 6.07) is 2.00. The van der Waals surface area contributed by atoms with Gasteiger partial charge < -0.3 is 5.73 Å². The number of nitrogens with two attached hydrogens (primary N) is 1. The minimum atomic E-state index is 0.391.